The summed E-state index contributed by atoms with van der Waals surface area (Å²) in [6.45, 7) is 1.96. The molecular formula is C17H13FN2O. The third kappa shape index (κ3) is 2.74. The average Bonchev–Trinajstić information content (AvgIpc) is 2.49. The van der Waals surface area contributed by atoms with Crippen molar-refractivity contribution in [1.82, 2.24) is 9.78 Å². The Bertz CT molecular complexity index is 838. The van der Waals surface area contributed by atoms with Crippen molar-refractivity contribution in [2.24, 2.45) is 0 Å². The molecule has 4 heteroatoms. The molecule has 0 amide bonds. The molecule has 0 fully saturated rings. The maximum Gasteiger partial charge on any atom is 0.271 e. The number of aryl methyl sites for hydroxylation is 1. The molecule has 0 unspecified atom stereocenters. The van der Waals surface area contributed by atoms with Crippen molar-refractivity contribution in [3.8, 4) is 16.9 Å². The van der Waals surface area contributed by atoms with Crippen LogP contribution in [0.15, 0.2) is 65.5 Å². The smallest absolute Gasteiger partial charge is 0.267 e. The van der Waals surface area contributed by atoms with Crippen molar-refractivity contribution in [2.45, 2.75) is 6.92 Å². The lowest BCUT2D eigenvalue weighted by Gasteiger charge is -2.07. The summed E-state index contributed by atoms with van der Waals surface area (Å²) in [5.74, 6) is -0.300. The molecule has 0 atom stereocenters. The molecule has 0 N–H and O–H groups in total. The van der Waals surface area contributed by atoms with Gasteiger partial charge in [0.1, 0.15) is 5.82 Å². The summed E-state index contributed by atoms with van der Waals surface area (Å²) in [4.78, 5) is 12.0. The molecule has 104 valence electrons. The summed E-state index contributed by atoms with van der Waals surface area (Å²) in [6.07, 6.45) is 0. The highest BCUT2D eigenvalue weighted by Crippen LogP contribution is 2.16. The van der Waals surface area contributed by atoms with Gasteiger partial charge in [0, 0.05) is 11.6 Å². The fourth-order valence-corrected chi connectivity index (χ4v) is 2.13. The van der Waals surface area contributed by atoms with E-state index in [1.807, 2.05) is 31.2 Å². The fourth-order valence-electron chi connectivity index (χ4n) is 2.13. The second-order valence-electron chi connectivity index (χ2n) is 4.81. The molecule has 0 saturated carbocycles. The van der Waals surface area contributed by atoms with E-state index < -0.39 is 0 Å². The molecule has 3 nitrogen and oxygen atoms in total. The topological polar surface area (TPSA) is 34.9 Å². The number of benzene rings is 2. The molecule has 0 aliphatic heterocycles. The van der Waals surface area contributed by atoms with Gasteiger partial charge in [0.2, 0.25) is 0 Å². The quantitative estimate of drug-likeness (QED) is 0.721. The summed E-state index contributed by atoms with van der Waals surface area (Å²) < 4.78 is 14.3. The second-order valence-corrected chi connectivity index (χ2v) is 4.81. The van der Waals surface area contributed by atoms with Crippen LogP contribution in [0.3, 0.4) is 0 Å². The standard InChI is InChI=1S/C17H13FN2O/c1-12-3-2-4-15(11-12)20-17(21)10-9-16(19-20)13-5-7-14(18)8-6-13/h2-11H,1H3. The minimum atomic E-state index is -0.300. The number of hydrogen-bond acceptors (Lipinski definition) is 2. The molecule has 0 spiro atoms. The van der Waals surface area contributed by atoms with Gasteiger partial charge in [-0.05, 0) is 55.0 Å². The van der Waals surface area contributed by atoms with E-state index >= 15 is 0 Å². The lowest BCUT2D eigenvalue weighted by molar-refractivity contribution is 0.628. The summed E-state index contributed by atoms with van der Waals surface area (Å²) >= 11 is 0. The van der Waals surface area contributed by atoms with Crippen LogP contribution in [0.1, 0.15) is 5.56 Å². The molecule has 0 bridgehead atoms. The maximum absolute atomic E-state index is 13.0. The van der Waals surface area contributed by atoms with Crippen molar-refractivity contribution < 1.29 is 4.39 Å². The van der Waals surface area contributed by atoms with E-state index in [2.05, 4.69) is 5.10 Å². The SMILES string of the molecule is Cc1cccc(-n2nc(-c3ccc(F)cc3)ccc2=O)c1. The molecule has 21 heavy (non-hydrogen) atoms. The van der Waals surface area contributed by atoms with Crippen molar-refractivity contribution in [3.63, 3.8) is 0 Å². The monoisotopic (exact) mass is 280 g/mol. The van der Waals surface area contributed by atoms with Gasteiger partial charge in [-0.2, -0.15) is 9.78 Å². The average molecular weight is 280 g/mol. The normalized spacial score (nSPS) is 10.6. The summed E-state index contributed by atoms with van der Waals surface area (Å²) in [6, 6.07) is 16.7. The highest BCUT2D eigenvalue weighted by Gasteiger charge is 2.05. The molecule has 3 rings (SSSR count). The van der Waals surface area contributed by atoms with E-state index in [0.717, 1.165) is 11.1 Å². The zero-order chi connectivity index (χ0) is 14.8. The lowest BCUT2D eigenvalue weighted by Crippen LogP contribution is -2.20. The number of hydrogen-bond donors (Lipinski definition) is 0. The van der Waals surface area contributed by atoms with E-state index in [1.54, 1.807) is 18.2 Å². The van der Waals surface area contributed by atoms with Crippen molar-refractivity contribution >= 4 is 0 Å². The summed E-state index contributed by atoms with van der Waals surface area (Å²) in [5, 5.41) is 4.37. The van der Waals surface area contributed by atoms with E-state index in [0.29, 0.717) is 11.4 Å². The Morgan fingerprint density at radius 2 is 1.76 bits per heavy atom. The van der Waals surface area contributed by atoms with Gasteiger partial charge in [0.25, 0.3) is 5.56 Å². The highest BCUT2D eigenvalue weighted by atomic mass is 19.1. The molecule has 1 aromatic heterocycles. The Morgan fingerprint density at radius 3 is 2.48 bits per heavy atom. The van der Waals surface area contributed by atoms with Gasteiger partial charge in [-0.1, -0.05) is 12.1 Å². The summed E-state index contributed by atoms with van der Waals surface area (Å²) in [7, 11) is 0. The van der Waals surface area contributed by atoms with E-state index in [4.69, 9.17) is 0 Å². The fraction of sp³-hybridized carbons (Fsp3) is 0.0588. The van der Waals surface area contributed by atoms with Crippen molar-refractivity contribution in [1.29, 1.82) is 0 Å². The molecule has 1 heterocycles. The Labute approximate surface area is 121 Å². The molecule has 0 radical (unpaired) electrons. The first-order valence-corrected chi connectivity index (χ1v) is 6.57. The predicted octanol–water partition coefficient (Wildman–Crippen LogP) is 3.35. The number of halogens is 1. The van der Waals surface area contributed by atoms with Gasteiger partial charge >= 0.3 is 0 Å². The zero-order valence-electron chi connectivity index (χ0n) is 11.5. The number of aromatic nitrogens is 2. The Balaban J connectivity index is 2.12. The van der Waals surface area contributed by atoms with Crippen LogP contribution in [0.2, 0.25) is 0 Å². The molecule has 0 aliphatic rings. The first kappa shape index (κ1) is 13.2. The van der Waals surface area contributed by atoms with Crippen LogP contribution >= 0.6 is 0 Å². The van der Waals surface area contributed by atoms with Crippen LogP contribution in [0.4, 0.5) is 4.39 Å². The molecule has 0 saturated heterocycles. The van der Waals surface area contributed by atoms with Crippen LogP contribution in [0, 0.1) is 12.7 Å². The van der Waals surface area contributed by atoms with Gasteiger partial charge in [-0.25, -0.2) is 4.39 Å². The Morgan fingerprint density at radius 1 is 1.00 bits per heavy atom. The van der Waals surface area contributed by atoms with E-state index in [-0.39, 0.29) is 11.4 Å². The molecule has 3 aromatic rings. The van der Waals surface area contributed by atoms with Gasteiger partial charge in [0.05, 0.1) is 11.4 Å². The summed E-state index contributed by atoms with van der Waals surface area (Å²) in [5.41, 5.74) is 2.94. The Kier molecular flexibility index (Phi) is 3.36. The predicted molar refractivity (Wildman–Crippen MR) is 80.0 cm³/mol. The first-order valence-electron chi connectivity index (χ1n) is 6.57. The minimum absolute atomic E-state index is 0.202. The van der Waals surface area contributed by atoms with Crippen LogP contribution in [-0.2, 0) is 0 Å². The van der Waals surface area contributed by atoms with Crippen LogP contribution in [-0.4, -0.2) is 9.78 Å². The van der Waals surface area contributed by atoms with Gasteiger partial charge in [-0.3, -0.25) is 4.79 Å². The number of nitrogens with zero attached hydrogens (tertiary/aromatic N) is 2. The third-order valence-corrected chi connectivity index (χ3v) is 3.19. The Hall–Kier alpha value is -2.75. The molecule has 0 aliphatic carbocycles. The highest BCUT2D eigenvalue weighted by molar-refractivity contribution is 5.58. The van der Waals surface area contributed by atoms with Crippen molar-refractivity contribution in [2.75, 3.05) is 0 Å². The molecule has 2 aromatic carbocycles. The van der Waals surface area contributed by atoms with Gasteiger partial charge in [-0.15, -0.1) is 0 Å². The first-order chi connectivity index (χ1) is 10.1. The third-order valence-electron chi connectivity index (χ3n) is 3.19. The van der Waals surface area contributed by atoms with E-state index in [1.165, 1.54) is 22.9 Å². The van der Waals surface area contributed by atoms with Crippen LogP contribution in [0.5, 0.6) is 0 Å². The van der Waals surface area contributed by atoms with Gasteiger partial charge in [0.15, 0.2) is 0 Å². The lowest BCUT2D eigenvalue weighted by atomic mass is 10.1. The largest absolute Gasteiger partial charge is 0.271 e. The van der Waals surface area contributed by atoms with E-state index in [9.17, 15) is 9.18 Å². The zero-order valence-corrected chi connectivity index (χ0v) is 11.5. The second kappa shape index (κ2) is 5.32. The van der Waals surface area contributed by atoms with Gasteiger partial charge < -0.3 is 0 Å². The van der Waals surface area contributed by atoms with Crippen molar-refractivity contribution in [3.05, 3.63) is 82.4 Å². The number of rotatable bonds is 2. The maximum atomic E-state index is 13.0. The van der Waals surface area contributed by atoms with Crippen LogP contribution < -0.4 is 5.56 Å². The van der Waals surface area contributed by atoms with Crippen LogP contribution in [0.25, 0.3) is 16.9 Å². The molecular weight excluding hydrogens is 267 g/mol. The minimum Gasteiger partial charge on any atom is -0.267 e.